The van der Waals surface area contributed by atoms with E-state index in [1.165, 1.54) is 6.07 Å². The Bertz CT molecular complexity index is 499. The van der Waals surface area contributed by atoms with Gasteiger partial charge >= 0.3 is 5.97 Å². The lowest BCUT2D eigenvalue weighted by atomic mass is 9.79. The third-order valence-corrected chi connectivity index (χ3v) is 3.80. The van der Waals surface area contributed by atoms with Gasteiger partial charge in [-0.2, -0.15) is 0 Å². The number of nitrogens with one attached hydrogen (secondary N) is 1. The highest BCUT2D eigenvalue weighted by molar-refractivity contribution is 5.70. The number of aliphatic hydroxyl groups is 1. The number of aliphatic carboxylic acids is 1. The smallest absolute Gasteiger partial charge is 0.306 e. The first-order valence-corrected chi connectivity index (χ1v) is 6.54. The summed E-state index contributed by atoms with van der Waals surface area (Å²) in [6, 6.07) is 3.18. The van der Waals surface area contributed by atoms with E-state index >= 15 is 0 Å². The summed E-state index contributed by atoms with van der Waals surface area (Å²) in [6.07, 6.45) is 1.50. The highest BCUT2D eigenvalue weighted by Gasteiger charge is 2.35. The van der Waals surface area contributed by atoms with Crippen LogP contribution in [-0.4, -0.2) is 28.3 Å². The van der Waals surface area contributed by atoms with E-state index in [0.717, 1.165) is 12.1 Å². The fourth-order valence-corrected chi connectivity index (χ4v) is 2.47. The van der Waals surface area contributed by atoms with E-state index in [-0.39, 0.29) is 12.2 Å². The molecule has 0 atom stereocenters. The Morgan fingerprint density at radius 3 is 2.55 bits per heavy atom. The maximum Gasteiger partial charge on any atom is 0.306 e. The monoisotopic (exact) mass is 285 g/mol. The Labute approximate surface area is 115 Å². The van der Waals surface area contributed by atoms with Crippen molar-refractivity contribution in [2.24, 2.45) is 5.92 Å². The molecule has 110 valence electrons. The molecule has 0 aliphatic heterocycles. The Hall–Kier alpha value is -1.69. The van der Waals surface area contributed by atoms with Crippen molar-refractivity contribution in [2.75, 3.05) is 11.9 Å². The second kappa shape index (κ2) is 5.75. The lowest BCUT2D eigenvalue weighted by Gasteiger charge is -2.35. The van der Waals surface area contributed by atoms with Crippen LogP contribution in [0.5, 0.6) is 0 Å². The van der Waals surface area contributed by atoms with Crippen molar-refractivity contribution in [2.45, 2.75) is 31.3 Å². The van der Waals surface area contributed by atoms with Crippen molar-refractivity contribution in [3.63, 3.8) is 0 Å². The Morgan fingerprint density at radius 2 is 2.00 bits per heavy atom. The van der Waals surface area contributed by atoms with Gasteiger partial charge in [0, 0.05) is 12.6 Å². The van der Waals surface area contributed by atoms with Crippen molar-refractivity contribution < 1.29 is 23.8 Å². The first-order valence-electron chi connectivity index (χ1n) is 6.54. The second-order valence-corrected chi connectivity index (χ2v) is 5.31. The largest absolute Gasteiger partial charge is 0.481 e. The van der Waals surface area contributed by atoms with Crippen LogP contribution in [0.3, 0.4) is 0 Å². The molecule has 1 aliphatic carbocycles. The average molecular weight is 285 g/mol. The van der Waals surface area contributed by atoms with E-state index in [1.54, 1.807) is 0 Å². The Kier molecular flexibility index (Phi) is 4.23. The number of carboxylic acids is 1. The summed E-state index contributed by atoms with van der Waals surface area (Å²) < 4.78 is 26.2. The van der Waals surface area contributed by atoms with Crippen LogP contribution in [-0.2, 0) is 4.79 Å². The number of rotatable bonds is 4. The topological polar surface area (TPSA) is 69.6 Å². The minimum Gasteiger partial charge on any atom is -0.481 e. The molecule has 0 aromatic heterocycles. The molecule has 0 unspecified atom stereocenters. The van der Waals surface area contributed by atoms with Crippen molar-refractivity contribution in [1.29, 1.82) is 0 Å². The van der Waals surface area contributed by atoms with Gasteiger partial charge in [0.2, 0.25) is 0 Å². The predicted molar refractivity (Wildman–Crippen MR) is 69.4 cm³/mol. The van der Waals surface area contributed by atoms with Crippen LogP contribution < -0.4 is 5.32 Å². The predicted octanol–water partition coefficient (Wildman–Crippen LogP) is 2.38. The van der Waals surface area contributed by atoms with Gasteiger partial charge in [0.05, 0.1) is 17.2 Å². The molecule has 0 saturated heterocycles. The van der Waals surface area contributed by atoms with Gasteiger partial charge in [-0.05, 0) is 37.8 Å². The molecule has 0 heterocycles. The number of carbonyl (C=O) groups is 1. The maximum absolute atomic E-state index is 13.4. The molecule has 0 amide bonds. The van der Waals surface area contributed by atoms with Crippen molar-refractivity contribution in [3.05, 3.63) is 29.8 Å². The maximum atomic E-state index is 13.4. The van der Waals surface area contributed by atoms with E-state index < -0.39 is 29.1 Å². The van der Waals surface area contributed by atoms with Gasteiger partial charge in [0.1, 0.15) is 11.6 Å². The van der Waals surface area contributed by atoms with Crippen LogP contribution >= 0.6 is 0 Å². The lowest BCUT2D eigenvalue weighted by Crippen LogP contribution is -2.42. The molecule has 2 rings (SSSR count). The first kappa shape index (κ1) is 14.7. The van der Waals surface area contributed by atoms with E-state index in [0.29, 0.717) is 25.7 Å². The van der Waals surface area contributed by atoms with Gasteiger partial charge in [0.15, 0.2) is 0 Å². The van der Waals surface area contributed by atoms with E-state index in [1.807, 2.05) is 0 Å². The summed E-state index contributed by atoms with van der Waals surface area (Å²) in [5, 5.41) is 22.0. The highest BCUT2D eigenvalue weighted by Crippen LogP contribution is 2.32. The average Bonchev–Trinajstić information content (AvgIpc) is 2.38. The molecule has 1 fully saturated rings. The molecule has 1 saturated carbocycles. The normalized spacial score (nSPS) is 26.2. The number of benzene rings is 1. The van der Waals surface area contributed by atoms with Crippen molar-refractivity contribution in [3.8, 4) is 0 Å². The summed E-state index contributed by atoms with van der Waals surface area (Å²) in [5.74, 6) is -2.64. The third-order valence-electron chi connectivity index (χ3n) is 3.80. The number of hydrogen-bond acceptors (Lipinski definition) is 3. The standard InChI is InChI=1S/C14H17F2NO3/c15-10-1-2-12(11(16)7-10)17-8-14(20)5-3-9(4-6-14)13(18)19/h1-2,7,9,17,20H,3-6,8H2,(H,18,19). The van der Waals surface area contributed by atoms with Crippen LogP contribution in [0.1, 0.15) is 25.7 Å². The summed E-state index contributed by atoms with van der Waals surface area (Å²) in [6.45, 7) is 0.113. The highest BCUT2D eigenvalue weighted by atomic mass is 19.1. The fraction of sp³-hybridized carbons (Fsp3) is 0.500. The molecule has 1 aromatic rings. The molecular weight excluding hydrogens is 268 g/mol. The molecule has 0 spiro atoms. The lowest BCUT2D eigenvalue weighted by molar-refractivity contribution is -0.144. The third kappa shape index (κ3) is 3.45. The van der Waals surface area contributed by atoms with Gasteiger partial charge in [-0.15, -0.1) is 0 Å². The molecule has 1 aromatic carbocycles. The fourth-order valence-electron chi connectivity index (χ4n) is 2.47. The van der Waals surface area contributed by atoms with Gasteiger partial charge < -0.3 is 15.5 Å². The molecular formula is C14H17F2NO3. The zero-order chi connectivity index (χ0) is 14.8. The molecule has 0 bridgehead atoms. The second-order valence-electron chi connectivity index (χ2n) is 5.31. The summed E-state index contributed by atoms with van der Waals surface area (Å²) in [7, 11) is 0. The molecule has 1 aliphatic rings. The minimum absolute atomic E-state index is 0.113. The van der Waals surface area contributed by atoms with Crippen LogP contribution in [0.2, 0.25) is 0 Å². The Balaban J connectivity index is 1.92. The molecule has 3 N–H and O–H groups in total. The van der Waals surface area contributed by atoms with E-state index in [9.17, 15) is 18.7 Å². The first-order chi connectivity index (χ1) is 9.39. The summed E-state index contributed by atoms with van der Waals surface area (Å²) in [4.78, 5) is 10.8. The van der Waals surface area contributed by atoms with Crippen molar-refractivity contribution in [1.82, 2.24) is 0 Å². The zero-order valence-electron chi connectivity index (χ0n) is 10.9. The number of carboxylic acid groups (broad SMARTS) is 1. The molecule has 4 nitrogen and oxygen atoms in total. The SMILES string of the molecule is O=C(O)C1CCC(O)(CNc2ccc(F)cc2F)CC1. The minimum atomic E-state index is -1.05. The van der Waals surface area contributed by atoms with Gasteiger partial charge in [0.25, 0.3) is 0 Å². The number of halogens is 2. The van der Waals surface area contributed by atoms with Gasteiger partial charge in [-0.1, -0.05) is 0 Å². The number of hydrogen-bond donors (Lipinski definition) is 3. The van der Waals surface area contributed by atoms with Crippen LogP contribution in [0.15, 0.2) is 18.2 Å². The summed E-state index contributed by atoms with van der Waals surface area (Å²) >= 11 is 0. The molecule has 20 heavy (non-hydrogen) atoms. The Morgan fingerprint density at radius 1 is 1.35 bits per heavy atom. The van der Waals surface area contributed by atoms with Gasteiger partial charge in [-0.25, -0.2) is 8.78 Å². The quantitative estimate of drug-likeness (QED) is 0.794. The number of anilines is 1. The molecule has 0 radical (unpaired) electrons. The van der Waals surface area contributed by atoms with Gasteiger partial charge in [-0.3, -0.25) is 4.79 Å². The van der Waals surface area contributed by atoms with E-state index in [2.05, 4.69) is 5.32 Å². The van der Waals surface area contributed by atoms with E-state index in [4.69, 9.17) is 5.11 Å². The van der Waals surface area contributed by atoms with Crippen LogP contribution in [0, 0.1) is 17.6 Å². The molecule has 6 heteroatoms. The van der Waals surface area contributed by atoms with Crippen LogP contribution in [0.25, 0.3) is 0 Å². The zero-order valence-corrected chi connectivity index (χ0v) is 10.9. The van der Waals surface area contributed by atoms with Crippen molar-refractivity contribution >= 4 is 11.7 Å². The summed E-state index contributed by atoms with van der Waals surface area (Å²) in [5.41, 5.74) is -0.924. The van der Waals surface area contributed by atoms with Crippen LogP contribution in [0.4, 0.5) is 14.5 Å².